The van der Waals surface area contributed by atoms with Crippen molar-refractivity contribution in [2.45, 2.75) is 50.5 Å². The van der Waals surface area contributed by atoms with Crippen molar-refractivity contribution in [3.63, 3.8) is 0 Å². The monoisotopic (exact) mass is 377 g/mol. The first-order valence-electron chi connectivity index (χ1n) is 8.92. The van der Waals surface area contributed by atoms with Gasteiger partial charge in [-0.1, -0.05) is 6.92 Å². The van der Waals surface area contributed by atoms with E-state index >= 15 is 0 Å². The average Bonchev–Trinajstić information content (AvgIpc) is 2.61. The third-order valence-electron chi connectivity index (χ3n) is 4.82. The highest BCUT2D eigenvalue weighted by Crippen LogP contribution is 2.26. The maximum Gasteiger partial charge on any atom is 0.262 e. The number of nitrogens with one attached hydrogen (secondary N) is 1. The smallest absolute Gasteiger partial charge is 0.262 e. The summed E-state index contributed by atoms with van der Waals surface area (Å²) in [5.74, 6) is 0.414. The highest BCUT2D eigenvalue weighted by atomic mass is 32.2. The molecule has 1 N–H and O–H groups in total. The quantitative estimate of drug-likeness (QED) is 0.852. The van der Waals surface area contributed by atoms with Crippen molar-refractivity contribution in [1.82, 2.24) is 4.98 Å². The van der Waals surface area contributed by atoms with E-state index in [1.165, 1.54) is 24.8 Å². The summed E-state index contributed by atoms with van der Waals surface area (Å²) in [4.78, 5) is 6.81. The molecule has 1 aliphatic heterocycles. The van der Waals surface area contributed by atoms with Gasteiger partial charge in [-0.2, -0.15) is 0 Å². The minimum atomic E-state index is -3.78. The third-order valence-corrected chi connectivity index (χ3v) is 6.36. The number of benzene rings is 1. The van der Waals surface area contributed by atoms with Gasteiger partial charge in [-0.15, -0.1) is 0 Å². The van der Waals surface area contributed by atoms with Gasteiger partial charge in [0.2, 0.25) is 0 Å². The second-order valence-electron chi connectivity index (χ2n) is 6.67. The van der Waals surface area contributed by atoms with Crippen LogP contribution in [0.2, 0.25) is 0 Å². The molecule has 1 aromatic carbocycles. The molecule has 26 heavy (non-hydrogen) atoms. The maximum absolute atomic E-state index is 13.2. The van der Waals surface area contributed by atoms with Gasteiger partial charge in [-0.3, -0.25) is 4.72 Å². The number of nitrogens with zero attached hydrogens (tertiary/aromatic N) is 2. The fraction of sp³-hybridized carbons (Fsp3) is 0.421. The summed E-state index contributed by atoms with van der Waals surface area (Å²) in [7, 11) is -3.78. The number of anilines is 2. The molecule has 140 valence electrons. The van der Waals surface area contributed by atoms with Crippen molar-refractivity contribution >= 4 is 21.5 Å². The highest BCUT2D eigenvalue weighted by molar-refractivity contribution is 7.92. The Morgan fingerprint density at radius 3 is 2.73 bits per heavy atom. The maximum atomic E-state index is 13.2. The number of hydrogen-bond acceptors (Lipinski definition) is 4. The molecule has 1 aliphatic rings. The number of aromatic nitrogens is 1. The number of aryl methyl sites for hydroxylation is 1. The van der Waals surface area contributed by atoms with E-state index in [0.29, 0.717) is 17.3 Å². The number of piperidine rings is 1. The Kier molecular flexibility index (Phi) is 5.46. The summed E-state index contributed by atoms with van der Waals surface area (Å²) >= 11 is 0. The summed E-state index contributed by atoms with van der Waals surface area (Å²) in [6.07, 6.45) is 6.16. The molecule has 3 rings (SSSR count). The molecular formula is C19H24FN3O2S. The first kappa shape index (κ1) is 18.6. The second-order valence-corrected chi connectivity index (χ2v) is 8.32. The molecule has 1 saturated heterocycles. The molecule has 1 unspecified atom stereocenters. The molecule has 1 aromatic heterocycles. The predicted octanol–water partition coefficient (Wildman–Crippen LogP) is 4.10. The van der Waals surface area contributed by atoms with Crippen molar-refractivity contribution < 1.29 is 12.8 Å². The van der Waals surface area contributed by atoms with Crippen LogP contribution in [0.15, 0.2) is 41.4 Å². The number of halogens is 1. The van der Waals surface area contributed by atoms with E-state index in [-0.39, 0.29) is 4.90 Å². The lowest BCUT2D eigenvalue weighted by Crippen LogP contribution is -2.39. The zero-order chi connectivity index (χ0) is 18.7. The molecule has 2 aromatic rings. The first-order chi connectivity index (χ1) is 12.4. The first-order valence-corrected chi connectivity index (χ1v) is 10.4. The van der Waals surface area contributed by atoms with E-state index < -0.39 is 15.8 Å². The molecule has 0 saturated carbocycles. The molecular weight excluding hydrogens is 353 g/mol. The second kappa shape index (κ2) is 7.61. The molecule has 0 amide bonds. The van der Waals surface area contributed by atoms with Crippen LogP contribution in [0.3, 0.4) is 0 Å². The highest BCUT2D eigenvalue weighted by Gasteiger charge is 2.22. The summed E-state index contributed by atoms with van der Waals surface area (Å²) in [6, 6.07) is 7.68. The van der Waals surface area contributed by atoms with Crippen LogP contribution in [0.5, 0.6) is 0 Å². The predicted molar refractivity (Wildman–Crippen MR) is 101 cm³/mol. The fourth-order valence-electron chi connectivity index (χ4n) is 3.47. The van der Waals surface area contributed by atoms with Crippen molar-refractivity contribution in [1.29, 1.82) is 0 Å². The van der Waals surface area contributed by atoms with E-state index in [1.807, 2.05) is 6.07 Å². The Labute approximate surface area is 154 Å². The van der Waals surface area contributed by atoms with E-state index in [2.05, 4.69) is 21.5 Å². The Balaban J connectivity index is 1.78. The molecule has 0 radical (unpaired) electrons. The molecule has 2 heterocycles. The van der Waals surface area contributed by atoms with Gasteiger partial charge in [0.1, 0.15) is 11.6 Å². The summed E-state index contributed by atoms with van der Waals surface area (Å²) in [6.45, 7) is 4.72. The molecule has 5 nitrogen and oxygen atoms in total. The molecule has 0 bridgehead atoms. The van der Waals surface area contributed by atoms with Gasteiger partial charge in [0.25, 0.3) is 10.0 Å². The molecule has 0 spiro atoms. The van der Waals surface area contributed by atoms with Crippen LogP contribution in [-0.4, -0.2) is 26.0 Å². The number of pyridine rings is 1. The topological polar surface area (TPSA) is 62.3 Å². The Bertz CT molecular complexity index is 869. The van der Waals surface area contributed by atoms with Crippen LogP contribution in [0.25, 0.3) is 0 Å². The van der Waals surface area contributed by atoms with Gasteiger partial charge < -0.3 is 4.90 Å². The van der Waals surface area contributed by atoms with E-state index in [1.54, 1.807) is 13.0 Å². The van der Waals surface area contributed by atoms with Gasteiger partial charge >= 0.3 is 0 Å². The van der Waals surface area contributed by atoms with Gasteiger partial charge in [0.05, 0.1) is 16.8 Å². The van der Waals surface area contributed by atoms with Gasteiger partial charge in [-0.25, -0.2) is 17.8 Å². The Morgan fingerprint density at radius 1 is 1.27 bits per heavy atom. The minimum Gasteiger partial charge on any atom is -0.354 e. The lowest BCUT2D eigenvalue weighted by molar-refractivity contribution is 0.447. The number of rotatable bonds is 5. The summed E-state index contributed by atoms with van der Waals surface area (Å²) < 4.78 is 40.8. The standard InChI is InChI=1S/C19H24FN3O2S/c1-3-17-6-4-5-11-23(17)19-10-8-16(13-21-19)22-26(24,25)18-9-7-15(20)12-14(18)2/h7-10,12-13,17,22H,3-6,11H2,1-2H3. The van der Waals surface area contributed by atoms with E-state index in [0.717, 1.165) is 37.7 Å². The lowest BCUT2D eigenvalue weighted by atomic mass is 10.00. The Morgan fingerprint density at radius 2 is 2.08 bits per heavy atom. The summed E-state index contributed by atoms with van der Waals surface area (Å²) in [5, 5.41) is 0. The largest absolute Gasteiger partial charge is 0.354 e. The zero-order valence-electron chi connectivity index (χ0n) is 15.1. The molecule has 0 aliphatic carbocycles. The number of sulfonamides is 1. The van der Waals surface area contributed by atoms with Crippen LogP contribution in [-0.2, 0) is 10.0 Å². The van der Waals surface area contributed by atoms with E-state index in [4.69, 9.17) is 0 Å². The minimum absolute atomic E-state index is 0.0602. The SMILES string of the molecule is CCC1CCCCN1c1ccc(NS(=O)(=O)c2ccc(F)cc2C)cn1. The van der Waals surface area contributed by atoms with Crippen LogP contribution in [0.1, 0.15) is 38.2 Å². The fourth-order valence-corrected chi connectivity index (χ4v) is 4.74. The van der Waals surface area contributed by atoms with E-state index in [9.17, 15) is 12.8 Å². The van der Waals surface area contributed by atoms with Gasteiger partial charge in [0.15, 0.2) is 0 Å². The third kappa shape index (κ3) is 3.98. The Hall–Kier alpha value is -2.15. The van der Waals surface area contributed by atoms with Crippen LogP contribution >= 0.6 is 0 Å². The van der Waals surface area contributed by atoms with Gasteiger partial charge in [-0.05, 0) is 68.5 Å². The van der Waals surface area contributed by atoms with Crippen LogP contribution < -0.4 is 9.62 Å². The molecule has 1 fully saturated rings. The molecule has 1 atom stereocenters. The van der Waals surface area contributed by atoms with Crippen molar-refractivity contribution in [3.05, 3.63) is 47.9 Å². The normalized spacial score (nSPS) is 18.0. The van der Waals surface area contributed by atoms with Crippen molar-refractivity contribution in [3.8, 4) is 0 Å². The van der Waals surface area contributed by atoms with Crippen molar-refractivity contribution in [2.75, 3.05) is 16.2 Å². The summed E-state index contributed by atoms with van der Waals surface area (Å²) in [5.41, 5.74) is 0.753. The van der Waals surface area contributed by atoms with Gasteiger partial charge in [0, 0.05) is 12.6 Å². The van der Waals surface area contributed by atoms with Crippen LogP contribution in [0.4, 0.5) is 15.9 Å². The molecule has 7 heteroatoms. The lowest BCUT2D eigenvalue weighted by Gasteiger charge is -2.36. The van der Waals surface area contributed by atoms with Crippen LogP contribution in [0, 0.1) is 12.7 Å². The number of hydrogen-bond donors (Lipinski definition) is 1. The zero-order valence-corrected chi connectivity index (χ0v) is 15.9. The van der Waals surface area contributed by atoms with Crippen molar-refractivity contribution in [2.24, 2.45) is 0 Å². The average molecular weight is 377 g/mol.